The molecule has 1 unspecified atom stereocenters. The molecule has 1 amide bonds. The third-order valence-corrected chi connectivity index (χ3v) is 4.48. The van der Waals surface area contributed by atoms with E-state index < -0.39 is 0 Å². The van der Waals surface area contributed by atoms with Crippen LogP contribution in [0, 0.1) is 11.3 Å². The zero-order valence-electron chi connectivity index (χ0n) is 11.9. The summed E-state index contributed by atoms with van der Waals surface area (Å²) in [6.45, 7) is 4.69. The minimum absolute atomic E-state index is 0.0433. The van der Waals surface area contributed by atoms with Crippen LogP contribution in [-0.2, 0) is 0 Å². The minimum Gasteiger partial charge on any atom is -0.336 e. The van der Waals surface area contributed by atoms with E-state index in [0.29, 0.717) is 28.7 Å². The molecule has 1 aliphatic heterocycles. The van der Waals surface area contributed by atoms with E-state index in [1.807, 2.05) is 6.92 Å². The fourth-order valence-electron chi connectivity index (χ4n) is 2.48. The number of carbonyl (C=O) groups excluding carboxylic acids is 1. The van der Waals surface area contributed by atoms with Gasteiger partial charge in [0.15, 0.2) is 0 Å². The number of piperazine rings is 1. The average Bonchev–Trinajstić information content (AvgIpc) is 2.51. The number of nitrogens with zero attached hydrogens (tertiary/aromatic N) is 3. The quantitative estimate of drug-likeness (QED) is 0.858. The Balaban J connectivity index is 2.00. The molecule has 0 saturated carbocycles. The molecule has 1 aromatic carbocycles. The van der Waals surface area contributed by atoms with E-state index in [1.54, 1.807) is 23.1 Å². The molecule has 1 aromatic rings. The Kier molecular flexibility index (Phi) is 5.46. The predicted octanol–water partition coefficient (Wildman–Crippen LogP) is 3.05. The van der Waals surface area contributed by atoms with Crippen LogP contribution in [-0.4, -0.2) is 47.9 Å². The average molecular weight is 326 g/mol. The van der Waals surface area contributed by atoms with E-state index in [-0.39, 0.29) is 11.9 Å². The molecule has 1 heterocycles. The van der Waals surface area contributed by atoms with Gasteiger partial charge in [-0.25, -0.2) is 0 Å². The highest BCUT2D eigenvalue weighted by Gasteiger charge is 2.25. The van der Waals surface area contributed by atoms with Gasteiger partial charge in [0, 0.05) is 31.7 Å². The maximum Gasteiger partial charge on any atom is 0.253 e. The van der Waals surface area contributed by atoms with Gasteiger partial charge in [0.1, 0.15) is 0 Å². The summed E-state index contributed by atoms with van der Waals surface area (Å²) in [4.78, 5) is 16.3. The van der Waals surface area contributed by atoms with Gasteiger partial charge in [0.25, 0.3) is 5.91 Å². The number of hydrogen-bond acceptors (Lipinski definition) is 3. The Labute approximate surface area is 134 Å². The summed E-state index contributed by atoms with van der Waals surface area (Å²) >= 11 is 11.8. The van der Waals surface area contributed by atoms with Crippen LogP contribution in [0.15, 0.2) is 18.2 Å². The highest BCUT2D eigenvalue weighted by atomic mass is 35.5. The van der Waals surface area contributed by atoms with Gasteiger partial charge in [-0.05, 0) is 24.6 Å². The van der Waals surface area contributed by atoms with Gasteiger partial charge in [-0.15, -0.1) is 0 Å². The first-order valence-electron chi connectivity index (χ1n) is 6.94. The molecule has 1 atom stereocenters. The Morgan fingerprint density at radius 2 is 1.95 bits per heavy atom. The first kappa shape index (κ1) is 16.1. The van der Waals surface area contributed by atoms with Crippen molar-refractivity contribution in [3.8, 4) is 6.07 Å². The lowest BCUT2D eigenvalue weighted by atomic mass is 10.1. The van der Waals surface area contributed by atoms with Crippen LogP contribution in [0.4, 0.5) is 0 Å². The summed E-state index contributed by atoms with van der Waals surface area (Å²) in [5, 5.41) is 9.92. The largest absolute Gasteiger partial charge is 0.336 e. The summed E-state index contributed by atoms with van der Waals surface area (Å²) < 4.78 is 0. The van der Waals surface area contributed by atoms with Crippen molar-refractivity contribution < 1.29 is 4.79 Å². The van der Waals surface area contributed by atoms with Crippen molar-refractivity contribution in [3.05, 3.63) is 33.8 Å². The van der Waals surface area contributed by atoms with E-state index in [4.69, 9.17) is 28.5 Å². The first-order chi connectivity index (χ1) is 10.1. The number of amides is 1. The standard InChI is InChI=1S/C15H17Cl2N3O/c1-2-12(10-18)19-5-7-20(8-6-19)15(21)11-3-4-13(16)14(17)9-11/h3-4,9,12H,2,5-8H2,1H3. The van der Waals surface area contributed by atoms with Crippen molar-refractivity contribution in [1.82, 2.24) is 9.80 Å². The minimum atomic E-state index is -0.0628. The SMILES string of the molecule is CCC(C#N)N1CCN(C(=O)c2ccc(Cl)c(Cl)c2)CC1. The molecule has 0 radical (unpaired) electrons. The first-order valence-corrected chi connectivity index (χ1v) is 7.70. The number of nitriles is 1. The van der Waals surface area contributed by atoms with Gasteiger partial charge in [-0.2, -0.15) is 5.26 Å². The van der Waals surface area contributed by atoms with E-state index in [0.717, 1.165) is 19.5 Å². The number of hydrogen-bond donors (Lipinski definition) is 0. The smallest absolute Gasteiger partial charge is 0.253 e. The van der Waals surface area contributed by atoms with Crippen molar-refractivity contribution in [1.29, 1.82) is 5.26 Å². The molecule has 1 fully saturated rings. The Morgan fingerprint density at radius 1 is 1.29 bits per heavy atom. The van der Waals surface area contributed by atoms with Crippen molar-refractivity contribution in [2.24, 2.45) is 0 Å². The molecule has 1 saturated heterocycles. The van der Waals surface area contributed by atoms with Crippen LogP contribution in [0.25, 0.3) is 0 Å². The molecule has 0 spiro atoms. The number of halogens is 2. The monoisotopic (exact) mass is 325 g/mol. The highest BCUT2D eigenvalue weighted by Crippen LogP contribution is 2.23. The fourth-order valence-corrected chi connectivity index (χ4v) is 2.78. The van der Waals surface area contributed by atoms with Crippen LogP contribution in [0.5, 0.6) is 0 Å². The number of benzene rings is 1. The number of rotatable bonds is 3. The molecule has 21 heavy (non-hydrogen) atoms. The third kappa shape index (κ3) is 3.68. The molecule has 6 heteroatoms. The second-order valence-corrected chi connectivity index (χ2v) is 5.82. The third-order valence-electron chi connectivity index (χ3n) is 3.74. The normalized spacial score (nSPS) is 17.3. The summed E-state index contributed by atoms with van der Waals surface area (Å²) in [5.74, 6) is -0.0433. The molecule has 0 aliphatic carbocycles. The molecule has 0 bridgehead atoms. The van der Waals surface area contributed by atoms with E-state index in [9.17, 15) is 4.79 Å². The molecule has 1 aliphatic rings. The van der Waals surface area contributed by atoms with Crippen LogP contribution in [0.1, 0.15) is 23.7 Å². The van der Waals surface area contributed by atoms with Crippen molar-refractivity contribution in [2.75, 3.05) is 26.2 Å². The zero-order valence-corrected chi connectivity index (χ0v) is 13.4. The molecule has 4 nitrogen and oxygen atoms in total. The second-order valence-electron chi connectivity index (χ2n) is 5.01. The van der Waals surface area contributed by atoms with Gasteiger partial charge in [-0.1, -0.05) is 30.1 Å². The summed E-state index contributed by atoms with van der Waals surface area (Å²) in [5.41, 5.74) is 0.546. The van der Waals surface area contributed by atoms with Crippen LogP contribution < -0.4 is 0 Å². The molecule has 0 aromatic heterocycles. The van der Waals surface area contributed by atoms with Gasteiger partial charge in [0.2, 0.25) is 0 Å². The Bertz CT molecular complexity index is 563. The molecule has 0 N–H and O–H groups in total. The van der Waals surface area contributed by atoms with Gasteiger partial charge in [0.05, 0.1) is 22.2 Å². The van der Waals surface area contributed by atoms with Crippen molar-refractivity contribution in [3.63, 3.8) is 0 Å². The maximum atomic E-state index is 12.4. The Hall–Kier alpha value is -1.28. The van der Waals surface area contributed by atoms with Gasteiger partial charge >= 0.3 is 0 Å². The second kappa shape index (κ2) is 7.13. The molecular formula is C15H17Cl2N3O. The maximum absolute atomic E-state index is 12.4. The predicted molar refractivity (Wildman–Crippen MR) is 83.6 cm³/mol. The molecular weight excluding hydrogens is 309 g/mol. The van der Waals surface area contributed by atoms with Crippen molar-refractivity contribution in [2.45, 2.75) is 19.4 Å². The van der Waals surface area contributed by atoms with Crippen LogP contribution in [0.2, 0.25) is 10.0 Å². The lowest BCUT2D eigenvalue weighted by Crippen LogP contribution is -2.51. The lowest BCUT2D eigenvalue weighted by Gasteiger charge is -2.36. The Morgan fingerprint density at radius 3 is 2.48 bits per heavy atom. The van der Waals surface area contributed by atoms with Gasteiger partial charge in [-0.3, -0.25) is 9.69 Å². The zero-order chi connectivity index (χ0) is 15.4. The summed E-state index contributed by atoms with van der Waals surface area (Å²) in [7, 11) is 0. The number of carbonyl (C=O) groups is 1. The summed E-state index contributed by atoms with van der Waals surface area (Å²) in [6, 6.07) is 7.16. The molecule has 112 valence electrons. The van der Waals surface area contributed by atoms with Crippen LogP contribution >= 0.6 is 23.2 Å². The van der Waals surface area contributed by atoms with Crippen molar-refractivity contribution >= 4 is 29.1 Å². The van der Waals surface area contributed by atoms with E-state index in [1.165, 1.54) is 0 Å². The van der Waals surface area contributed by atoms with E-state index >= 15 is 0 Å². The van der Waals surface area contributed by atoms with Gasteiger partial charge < -0.3 is 4.90 Å². The lowest BCUT2D eigenvalue weighted by molar-refractivity contribution is 0.0604. The fraction of sp³-hybridized carbons (Fsp3) is 0.467. The molecule has 2 rings (SSSR count). The summed E-state index contributed by atoms with van der Waals surface area (Å²) in [6.07, 6.45) is 0.803. The van der Waals surface area contributed by atoms with E-state index in [2.05, 4.69) is 11.0 Å². The topological polar surface area (TPSA) is 47.3 Å². The highest BCUT2D eigenvalue weighted by molar-refractivity contribution is 6.42. The van der Waals surface area contributed by atoms with Crippen LogP contribution in [0.3, 0.4) is 0 Å².